The number of carbonyl (C=O) groups is 3. The number of oxime groups is 1. The summed E-state index contributed by atoms with van der Waals surface area (Å²) in [6, 6.07) is -0.918. The van der Waals surface area contributed by atoms with Crippen molar-refractivity contribution in [3.63, 3.8) is 0 Å². The zero-order valence-corrected chi connectivity index (χ0v) is 22.6. The van der Waals surface area contributed by atoms with Gasteiger partial charge in [0.2, 0.25) is 0 Å². The molecule has 0 saturated carbocycles. The van der Waals surface area contributed by atoms with E-state index in [1.165, 1.54) is 35.5 Å². The number of hydrogen-bond acceptors (Lipinski definition) is 12. The van der Waals surface area contributed by atoms with Crippen LogP contribution in [0.5, 0.6) is 0 Å². The van der Waals surface area contributed by atoms with Crippen LogP contribution in [-0.2, 0) is 19.2 Å². The second kappa shape index (κ2) is 12.3. The summed E-state index contributed by atoms with van der Waals surface area (Å²) < 4.78 is 0.483. The average Bonchev–Trinajstić information content (AvgIpc) is 3.14. The van der Waals surface area contributed by atoms with Crippen molar-refractivity contribution < 1.29 is 24.3 Å². The molecule has 3 heterocycles. The van der Waals surface area contributed by atoms with Gasteiger partial charge in [0.15, 0.2) is 10.8 Å². The molecule has 2 atom stereocenters. The minimum Gasteiger partial charge on any atom is -0.477 e. The third-order valence-corrected chi connectivity index (χ3v) is 9.33. The number of aromatic nitrogens is 1. The fourth-order valence-corrected chi connectivity index (χ4v) is 7.39. The van der Waals surface area contributed by atoms with Crippen LogP contribution in [0.15, 0.2) is 31.0 Å². The van der Waals surface area contributed by atoms with Gasteiger partial charge in [-0.2, -0.15) is 11.8 Å². The first kappa shape index (κ1) is 26.9. The number of halogens is 1. The van der Waals surface area contributed by atoms with Crippen LogP contribution in [-0.4, -0.2) is 80.8 Å². The van der Waals surface area contributed by atoms with Crippen LogP contribution in [0, 0.1) is 0 Å². The number of carbonyl (C=O) groups excluding carboxylic acids is 2. The number of nitrogens with one attached hydrogen (secondary N) is 1. The molecule has 2 aliphatic heterocycles. The number of nitrogen functional groups attached to an aromatic ring is 1. The summed E-state index contributed by atoms with van der Waals surface area (Å²) in [5, 5.41) is 17.6. The van der Waals surface area contributed by atoms with E-state index < -0.39 is 29.2 Å². The number of aliphatic carboxylic acids is 1. The predicted octanol–water partition coefficient (Wildman–Crippen LogP) is 1.47. The van der Waals surface area contributed by atoms with E-state index in [4.69, 9.17) is 16.3 Å². The number of amides is 2. The highest BCUT2D eigenvalue weighted by Gasteiger charge is 2.54. The van der Waals surface area contributed by atoms with E-state index in [1.54, 1.807) is 11.8 Å². The maximum absolute atomic E-state index is 12.9. The summed E-state index contributed by atoms with van der Waals surface area (Å²) >= 11 is 8.72. The molecule has 0 radical (unpaired) electrons. The van der Waals surface area contributed by atoms with Gasteiger partial charge in [0.1, 0.15) is 33.7 Å². The lowest BCUT2D eigenvalue weighted by Crippen LogP contribution is -2.71. The molecule has 16 heteroatoms. The molecular weight excluding hydrogens is 588 g/mol. The minimum absolute atomic E-state index is 0.0655. The molecule has 184 valence electrons. The van der Waals surface area contributed by atoms with E-state index in [-0.39, 0.29) is 22.2 Å². The summed E-state index contributed by atoms with van der Waals surface area (Å²) in [6.07, 6.45) is 1.93. The van der Waals surface area contributed by atoms with E-state index >= 15 is 0 Å². The van der Waals surface area contributed by atoms with Gasteiger partial charge in [-0.05, 0) is 21.3 Å². The van der Waals surface area contributed by atoms with Gasteiger partial charge >= 0.3 is 5.97 Å². The van der Waals surface area contributed by atoms with E-state index in [2.05, 4.69) is 31.4 Å². The summed E-state index contributed by atoms with van der Waals surface area (Å²) in [6.45, 7) is 0.598. The fraction of sp³-hybridized carbons (Fsp3) is 0.389. The van der Waals surface area contributed by atoms with Crippen LogP contribution in [0.2, 0.25) is 0 Å². The van der Waals surface area contributed by atoms with Gasteiger partial charge in [-0.25, -0.2) is 9.78 Å². The van der Waals surface area contributed by atoms with Crippen LogP contribution in [0.25, 0.3) is 0 Å². The zero-order valence-electron chi connectivity index (χ0n) is 17.7. The monoisotopic (exact) mass is 608 g/mol. The molecule has 2 amide bonds. The highest BCUT2D eigenvalue weighted by molar-refractivity contribution is 9.11. The van der Waals surface area contributed by atoms with Crippen LogP contribution >= 0.6 is 62.6 Å². The first-order chi connectivity index (χ1) is 16.3. The number of rotatable bonds is 11. The van der Waals surface area contributed by atoms with Gasteiger partial charge in [-0.3, -0.25) is 14.5 Å². The third kappa shape index (κ3) is 5.91. The Morgan fingerprint density at radius 3 is 2.88 bits per heavy atom. The van der Waals surface area contributed by atoms with Crippen molar-refractivity contribution in [2.75, 3.05) is 36.6 Å². The number of nitrogens with two attached hydrogens (primary N) is 2. The lowest BCUT2D eigenvalue weighted by molar-refractivity contribution is -0.150. The number of nitrogens with zero attached hydrogens (tertiary/aromatic N) is 3. The average molecular weight is 610 g/mol. The lowest BCUT2D eigenvalue weighted by atomic mass is 10.0. The predicted molar refractivity (Wildman–Crippen MR) is 141 cm³/mol. The van der Waals surface area contributed by atoms with Gasteiger partial charge in [-0.1, -0.05) is 34.3 Å². The Kier molecular flexibility index (Phi) is 9.73. The van der Waals surface area contributed by atoms with Gasteiger partial charge in [0.05, 0.1) is 0 Å². The Balaban J connectivity index is 1.72. The Morgan fingerprint density at radius 2 is 2.26 bits per heavy atom. The fourth-order valence-electron chi connectivity index (χ4n) is 3.04. The second-order valence-corrected chi connectivity index (χ2v) is 12.2. The van der Waals surface area contributed by atoms with Crippen LogP contribution in [0.4, 0.5) is 5.13 Å². The summed E-state index contributed by atoms with van der Waals surface area (Å²) in [5.41, 5.74) is 11.1. The zero-order chi connectivity index (χ0) is 24.8. The van der Waals surface area contributed by atoms with Crippen LogP contribution in [0.3, 0.4) is 0 Å². The number of anilines is 1. The molecule has 3 rings (SSSR count). The van der Waals surface area contributed by atoms with Crippen molar-refractivity contribution in [2.24, 2.45) is 10.9 Å². The van der Waals surface area contributed by atoms with Crippen molar-refractivity contribution in [2.45, 2.75) is 11.4 Å². The van der Waals surface area contributed by atoms with Crippen molar-refractivity contribution >= 4 is 91.2 Å². The number of β-lactam (4-membered cyclic amide) rings is 1. The quantitative estimate of drug-likeness (QED) is 0.124. The highest BCUT2D eigenvalue weighted by atomic mass is 79.9. The minimum atomic E-state index is -1.19. The molecule has 0 aliphatic carbocycles. The molecule has 6 N–H and O–H groups in total. The molecule has 0 bridgehead atoms. The number of carboxylic acid groups (broad SMARTS) is 1. The number of thioether (sulfide) groups is 3. The molecular formula is C18H21BrN6O5S4. The molecule has 1 aromatic heterocycles. The number of thiazole rings is 1. The van der Waals surface area contributed by atoms with Gasteiger partial charge < -0.3 is 26.7 Å². The van der Waals surface area contributed by atoms with Crippen molar-refractivity contribution in [1.82, 2.24) is 15.2 Å². The van der Waals surface area contributed by atoms with Crippen molar-refractivity contribution in [3.05, 3.63) is 31.6 Å². The number of carboxylic acids is 1. The van der Waals surface area contributed by atoms with Crippen LogP contribution in [0.1, 0.15) is 5.69 Å². The summed E-state index contributed by atoms with van der Waals surface area (Å²) in [4.78, 5) is 48.3. The first-order valence-corrected chi connectivity index (χ1v) is 14.3. The molecule has 1 aromatic rings. The lowest BCUT2D eigenvalue weighted by Gasteiger charge is -2.49. The maximum Gasteiger partial charge on any atom is 0.353 e. The summed E-state index contributed by atoms with van der Waals surface area (Å²) in [5.74, 6) is -0.406. The Bertz CT molecular complexity index is 1060. The van der Waals surface area contributed by atoms with Crippen molar-refractivity contribution in [3.8, 4) is 0 Å². The molecule has 0 spiro atoms. The molecule has 0 aromatic carbocycles. The number of fused-ring (bicyclic) bond motifs is 1. The highest BCUT2D eigenvalue weighted by Crippen LogP contribution is 2.43. The largest absolute Gasteiger partial charge is 0.477 e. The van der Waals surface area contributed by atoms with E-state index in [1.807, 2.05) is 11.5 Å². The molecule has 11 nitrogen and oxygen atoms in total. The number of hydrogen-bond donors (Lipinski definition) is 4. The van der Waals surface area contributed by atoms with Crippen LogP contribution < -0.4 is 16.8 Å². The summed E-state index contributed by atoms with van der Waals surface area (Å²) in [7, 11) is 1.28. The van der Waals surface area contributed by atoms with Gasteiger partial charge in [0, 0.05) is 28.7 Å². The Hall–Kier alpha value is -1.72. The second-order valence-electron chi connectivity index (χ2n) is 6.59. The third-order valence-electron chi connectivity index (χ3n) is 4.43. The topological polar surface area (TPSA) is 173 Å². The maximum atomic E-state index is 12.9. The SMILES string of the molecule is CO/N=C(\C(=O)NC1C(=O)N2C(C(=O)O)=C(S/C=C\CSCCN)CS[C@H]12)c1nc(N)sc1Br. The van der Waals surface area contributed by atoms with E-state index in [9.17, 15) is 19.5 Å². The van der Waals surface area contributed by atoms with Crippen molar-refractivity contribution in [1.29, 1.82) is 0 Å². The molecule has 1 unspecified atom stereocenters. The van der Waals surface area contributed by atoms with E-state index in [0.29, 0.717) is 21.0 Å². The van der Waals surface area contributed by atoms with Gasteiger partial charge in [0.25, 0.3) is 11.8 Å². The van der Waals surface area contributed by atoms with Gasteiger partial charge in [-0.15, -0.1) is 11.8 Å². The molecule has 1 saturated heterocycles. The molecule has 1 fully saturated rings. The standard InChI is InChI=1S/C18H21BrN6O5S4/c1-30-24-10(9-13(19)34-18(21)23-9)14(26)22-11-15(27)25-12(17(28)29)8(7-33-16(11)25)32-5-2-4-31-6-3-20/h2,5,11,16H,3-4,6-7,20H2,1H3,(H2,21,23)(H,22,26)(H,28,29)/b5-2-,24-10-/t11?,16-/m1/s1. The Labute approximate surface area is 220 Å². The molecule has 34 heavy (non-hydrogen) atoms. The first-order valence-electron chi connectivity index (χ1n) is 9.64. The normalized spacial score (nSPS) is 20.4. The van der Waals surface area contributed by atoms with E-state index in [0.717, 1.165) is 22.8 Å². The molecule has 2 aliphatic rings. The smallest absolute Gasteiger partial charge is 0.353 e. The Morgan fingerprint density at radius 1 is 1.50 bits per heavy atom.